The summed E-state index contributed by atoms with van der Waals surface area (Å²) in [5, 5.41) is 13.5. The van der Waals surface area contributed by atoms with E-state index in [1.165, 1.54) is 31.6 Å². The number of H-pyrrole nitrogens is 1. The van der Waals surface area contributed by atoms with Gasteiger partial charge in [0.2, 0.25) is 0 Å². The fourth-order valence-electron chi connectivity index (χ4n) is 2.87. The van der Waals surface area contributed by atoms with Gasteiger partial charge in [0, 0.05) is 69.2 Å². The molecule has 0 saturated carbocycles. The lowest BCUT2D eigenvalue weighted by Crippen LogP contribution is -2.46. The van der Waals surface area contributed by atoms with Crippen molar-refractivity contribution in [3.63, 3.8) is 0 Å². The first kappa shape index (κ1) is 32.7. The maximum Gasteiger partial charge on any atom is 0.416 e. The Morgan fingerprint density at radius 3 is 2.21 bits per heavy atom. The van der Waals surface area contributed by atoms with E-state index in [0.717, 1.165) is 22.7 Å². The smallest absolute Gasteiger partial charge is 0.388 e. The Hall–Kier alpha value is -4.29. The van der Waals surface area contributed by atoms with Crippen LogP contribution in [-0.2, 0) is 11.0 Å². The zero-order valence-electron chi connectivity index (χ0n) is 21.8. The van der Waals surface area contributed by atoms with Crippen LogP contribution in [0.1, 0.15) is 35.6 Å². The van der Waals surface area contributed by atoms with Crippen LogP contribution in [0.15, 0.2) is 60.9 Å². The summed E-state index contributed by atoms with van der Waals surface area (Å²) in [6, 6.07) is 11.4. The Morgan fingerprint density at radius 1 is 1.15 bits per heavy atom. The van der Waals surface area contributed by atoms with Gasteiger partial charge in [-0.25, -0.2) is 4.98 Å². The van der Waals surface area contributed by atoms with Crippen molar-refractivity contribution >= 4 is 29.8 Å². The fraction of sp³-hybridized carbons (Fsp3) is 0.308. The molecule has 0 aliphatic rings. The molecule has 0 aliphatic carbocycles. The highest BCUT2D eigenvalue weighted by Crippen LogP contribution is 2.28. The first-order valence-electron chi connectivity index (χ1n) is 11.5. The Labute approximate surface area is 223 Å². The van der Waals surface area contributed by atoms with E-state index in [1.807, 2.05) is 6.07 Å². The summed E-state index contributed by atoms with van der Waals surface area (Å²) >= 11 is 0. The van der Waals surface area contributed by atoms with Gasteiger partial charge in [-0.1, -0.05) is 30.3 Å². The second-order valence-electron chi connectivity index (χ2n) is 8.19. The molecule has 1 aromatic heterocycles. The van der Waals surface area contributed by atoms with Crippen LogP contribution in [0.4, 0.5) is 33.3 Å². The van der Waals surface area contributed by atoms with Gasteiger partial charge in [0.25, 0.3) is 5.91 Å². The lowest BCUT2D eigenvalue weighted by atomic mass is 10.1. The molecule has 13 heteroatoms. The highest BCUT2D eigenvalue weighted by molar-refractivity contribution is 5.87. The highest BCUT2D eigenvalue weighted by atomic mass is 19.4. The number of hydrogen-bond acceptors (Lipinski definition) is 6. The van der Waals surface area contributed by atoms with Crippen LogP contribution in [-0.4, -0.2) is 65.9 Å². The first-order chi connectivity index (χ1) is 18.2. The van der Waals surface area contributed by atoms with E-state index < -0.39 is 29.6 Å². The Bertz CT molecular complexity index is 1170. The molecule has 0 bridgehead atoms. The van der Waals surface area contributed by atoms with Crippen LogP contribution >= 0.6 is 0 Å². The van der Waals surface area contributed by atoms with Gasteiger partial charge in [-0.3, -0.25) is 9.59 Å². The second-order valence-corrected chi connectivity index (χ2v) is 8.19. The zero-order chi connectivity index (χ0) is 29.6. The highest BCUT2D eigenvalue weighted by Gasteiger charge is 2.36. The van der Waals surface area contributed by atoms with Gasteiger partial charge in [0.1, 0.15) is 0 Å². The number of aromatic nitrogens is 2. The number of alkyl halides is 5. The fourth-order valence-corrected chi connectivity index (χ4v) is 2.87. The Balaban J connectivity index is 0.000000362. The van der Waals surface area contributed by atoms with E-state index in [2.05, 4.69) is 20.6 Å². The number of amides is 1. The number of nitrogens with zero attached hydrogens (tertiary/aromatic N) is 2. The van der Waals surface area contributed by atoms with Gasteiger partial charge in [0.05, 0.1) is 5.56 Å². The van der Waals surface area contributed by atoms with Gasteiger partial charge < -0.3 is 25.9 Å². The van der Waals surface area contributed by atoms with Gasteiger partial charge in [-0.05, 0) is 25.1 Å². The van der Waals surface area contributed by atoms with Crippen LogP contribution in [0.2, 0.25) is 0 Å². The standard InChI is InChI=1S/C15H22F2N4O.C7H5F3.C4H4N2O/c1-10(21(4)14(22)15(2,16)17)9-20-13-6-5-12(19-3)7-11(13)8-18;8-7(9,10)6-4-2-1-3-5-6;7-3-4-5-1-2-6-4/h5-8,10,18-20H,9H2,1-4H3;1-5H;1-3H,(H,5,6). The van der Waals surface area contributed by atoms with Crippen molar-refractivity contribution in [3.8, 4) is 0 Å². The molecule has 1 unspecified atom stereocenters. The molecule has 3 aromatic rings. The van der Waals surface area contributed by atoms with Crippen molar-refractivity contribution in [2.75, 3.05) is 31.3 Å². The maximum absolute atomic E-state index is 13.0. The van der Waals surface area contributed by atoms with Crippen molar-refractivity contribution in [3.05, 3.63) is 77.9 Å². The molecule has 1 heterocycles. The Morgan fingerprint density at radius 2 is 1.79 bits per heavy atom. The third kappa shape index (κ3) is 11.3. The van der Waals surface area contributed by atoms with Crippen LogP contribution in [0.5, 0.6) is 0 Å². The number of aromatic amines is 1. The van der Waals surface area contributed by atoms with Crippen molar-refractivity contribution in [2.24, 2.45) is 0 Å². The number of aldehydes is 1. The molecule has 1 atom stereocenters. The summed E-state index contributed by atoms with van der Waals surface area (Å²) in [6.45, 7) is 2.58. The summed E-state index contributed by atoms with van der Waals surface area (Å²) in [5.41, 5.74) is 1.66. The number of hydrogen-bond donors (Lipinski definition) is 4. The van der Waals surface area contributed by atoms with Crippen LogP contribution < -0.4 is 10.6 Å². The average Bonchev–Trinajstić information content (AvgIpc) is 3.45. The molecule has 2 aromatic carbocycles. The molecule has 212 valence electrons. The topological polar surface area (TPSA) is 114 Å². The monoisotopic (exact) mass is 554 g/mol. The van der Waals surface area contributed by atoms with E-state index in [0.29, 0.717) is 36.8 Å². The molecule has 0 radical (unpaired) electrons. The summed E-state index contributed by atoms with van der Waals surface area (Å²) in [5.74, 6) is -4.21. The number of anilines is 2. The van der Waals surface area contributed by atoms with Crippen LogP contribution in [0.3, 0.4) is 0 Å². The van der Waals surface area contributed by atoms with Crippen molar-refractivity contribution in [1.29, 1.82) is 5.41 Å². The number of carbonyl (C=O) groups is 2. The summed E-state index contributed by atoms with van der Waals surface area (Å²) in [4.78, 5) is 28.5. The molecule has 1 amide bonds. The zero-order valence-corrected chi connectivity index (χ0v) is 21.8. The molecule has 0 spiro atoms. The van der Waals surface area contributed by atoms with E-state index in [1.54, 1.807) is 38.4 Å². The van der Waals surface area contributed by atoms with Gasteiger partial charge in [0.15, 0.2) is 12.1 Å². The second kappa shape index (κ2) is 15.2. The molecule has 39 heavy (non-hydrogen) atoms. The van der Waals surface area contributed by atoms with Gasteiger partial charge in [-0.2, -0.15) is 22.0 Å². The third-order valence-electron chi connectivity index (χ3n) is 5.17. The summed E-state index contributed by atoms with van der Waals surface area (Å²) in [6.07, 6.45) is 0.803. The third-order valence-corrected chi connectivity index (χ3v) is 5.17. The molecule has 3 rings (SSSR count). The van der Waals surface area contributed by atoms with Crippen LogP contribution in [0.25, 0.3) is 0 Å². The minimum atomic E-state index is -4.21. The minimum absolute atomic E-state index is 0.304. The first-order valence-corrected chi connectivity index (χ1v) is 11.5. The minimum Gasteiger partial charge on any atom is -0.388 e. The number of likely N-dealkylation sites (N-methyl/N-ethyl adjacent to an activating group) is 1. The largest absolute Gasteiger partial charge is 0.416 e. The lowest BCUT2D eigenvalue weighted by molar-refractivity contribution is -0.155. The predicted molar refractivity (Wildman–Crippen MR) is 141 cm³/mol. The van der Waals surface area contributed by atoms with Gasteiger partial charge in [-0.15, -0.1) is 0 Å². The maximum atomic E-state index is 13.0. The lowest BCUT2D eigenvalue weighted by Gasteiger charge is -2.28. The quantitative estimate of drug-likeness (QED) is 0.165. The molecule has 0 saturated heterocycles. The van der Waals surface area contributed by atoms with Crippen molar-refractivity contribution in [2.45, 2.75) is 32.0 Å². The number of halogens is 5. The number of carbonyl (C=O) groups excluding carboxylic acids is 2. The SMILES string of the molecule is CNc1ccc(NCC(C)N(C)C(=O)C(C)(F)F)c(C=N)c1.FC(F)(F)c1ccccc1.O=Cc1ncc[nH]1. The molecular weight excluding hydrogens is 523 g/mol. The van der Waals surface area contributed by atoms with Gasteiger partial charge >= 0.3 is 12.1 Å². The molecule has 0 fully saturated rings. The van der Waals surface area contributed by atoms with E-state index in [9.17, 15) is 31.5 Å². The summed E-state index contributed by atoms with van der Waals surface area (Å²) < 4.78 is 61.5. The number of rotatable bonds is 8. The van der Waals surface area contributed by atoms with E-state index in [-0.39, 0.29) is 0 Å². The molecule has 4 N–H and O–H groups in total. The number of imidazole rings is 1. The number of nitrogens with one attached hydrogen (secondary N) is 4. The van der Waals surface area contributed by atoms with E-state index in [4.69, 9.17) is 5.41 Å². The molecule has 8 nitrogen and oxygen atoms in total. The van der Waals surface area contributed by atoms with E-state index >= 15 is 0 Å². The summed E-state index contributed by atoms with van der Waals surface area (Å²) in [7, 11) is 3.14. The average molecular weight is 555 g/mol. The normalized spacial score (nSPS) is 11.5. The molecular formula is C26H31F5N6O2. The number of benzene rings is 2. The predicted octanol–water partition coefficient (Wildman–Crippen LogP) is 5.57. The Kier molecular flexibility index (Phi) is 12.8. The van der Waals surface area contributed by atoms with Crippen molar-refractivity contribution < 1.29 is 31.5 Å². The van der Waals surface area contributed by atoms with Crippen molar-refractivity contribution in [1.82, 2.24) is 14.9 Å². The van der Waals surface area contributed by atoms with Crippen LogP contribution in [0, 0.1) is 5.41 Å². The molecule has 0 aliphatic heterocycles.